The molecule has 2 heterocycles. The van der Waals surface area contributed by atoms with Gasteiger partial charge in [0.2, 0.25) is 6.10 Å². The number of para-hydroxylation sites is 2. The molecule has 1 aromatic carbocycles. The molecular formula is C19H20N2O4S. The molecule has 0 saturated heterocycles. The van der Waals surface area contributed by atoms with Gasteiger partial charge in [0.05, 0.1) is 5.56 Å². The number of carbonyl (C=O) groups excluding carboxylic acids is 2. The molecule has 0 radical (unpaired) electrons. The van der Waals surface area contributed by atoms with Crippen molar-refractivity contribution in [1.82, 2.24) is 0 Å². The fourth-order valence-corrected chi connectivity index (χ4v) is 4.86. The lowest BCUT2D eigenvalue weighted by atomic mass is 9.88. The van der Waals surface area contributed by atoms with Gasteiger partial charge in [0.25, 0.3) is 11.8 Å². The van der Waals surface area contributed by atoms with Crippen molar-refractivity contribution in [2.24, 2.45) is 11.7 Å². The summed E-state index contributed by atoms with van der Waals surface area (Å²) < 4.78 is 11.3. The van der Waals surface area contributed by atoms with Crippen molar-refractivity contribution in [2.75, 3.05) is 11.9 Å². The van der Waals surface area contributed by atoms with E-state index in [1.165, 1.54) is 11.3 Å². The zero-order valence-corrected chi connectivity index (χ0v) is 15.2. The van der Waals surface area contributed by atoms with Crippen LogP contribution in [0.2, 0.25) is 0 Å². The highest BCUT2D eigenvalue weighted by molar-refractivity contribution is 7.17. The van der Waals surface area contributed by atoms with Crippen molar-refractivity contribution in [2.45, 2.75) is 32.3 Å². The van der Waals surface area contributed by atoms with E-state index in [2.05, 4.69) is 12.2 Å². The highest BCUT2D eigenvalue weighted by Crippen LogP contribution is 2.39. The van der Waals surface area contributed by atoms with E-state index >= 15 is 0 Å². The highest BCUT2D eigenvalue weighted by atomic mass is 32.1. The Balaban J connectivity index is 1.56. The van der Waals surface area contributed by atoms with Crippen LogP contribution in [0.3, 0.4) is 0 Å². The molecule has 3 N–H and O–H groups in total. The summed E-state index contributed by atoms with van der Waals surface area (Å²) >= 11 is 1.44. The Morgan fingerprint density at radius 1 is 1.27 bits per heavy atom. The Hall–Kier alpha value is -2.54. The monoisotopic (exact) mass is 372 g/mol. The first kappa shape index (κ1) is 16.9. The topological polar surface area (TPSA) is 90.7 Å². The summed E-state index contributed by atoms with van der Waals surface area (Å²) in [6.07, 6.45) is 1.97. The molecule has 0 unspecified atom stereocenters. The molecule has 2 aromatic rings. The Labute approximate surface area is 155 Å². The number of primary amides is 1. The Kier molecular flexibility index (Phi) is 4.32. The summed E-state index contributed by atoms with van der Waals surface area (Å²) in [6, 6.07) is 7.22. The molecule has 4 rings (SSSR count). The van der Waals surface area contributed by atoms with Crippen LogP contribution in [0.1, 0.15) is 34.1 Å². The standard InChI is InChI=1S/C19H20N2O4S/c1-10-6-7-11-15(8-10)26-19(16(11)17(20)22)21-18(23)14-9-24-12-4-2-3-5-13(12)25-14/h2-5,10,14H,6-9H2,1H3,(H2,20,22)(H,21,23)/t10-,14-/m1/s1. The number of nitrogens with one attached hydrogen (secondary N) is 1. The molecule has 7 heteroatoms. The van der Waals surface area contributed by atoms with Crippen LogP contribution in [-0.4, -0.2) is 24.5 Å². The molecule has 1 aromatic heterocycles. The molecule has 2 aliphatic rings. The molecule has 2 amide bonds. The van der Waals surface area contributed by atoms with Gasteiger partial charge in [-0.05, 0) is 42.9 Å². The minimum Gasteiger partial charge on any atom is -0.485 e. The quantitative estimate of drug-likeness (QED) is 0.867. The van der Waals surface area contributed by atoms with E-state index in [0.29, 0.717) is 28.0 Å². The van der Waals surface area contributed by atoms with E-state index in [9.17, 15) is 9.59 Å². The van der Waals surface area contributed by atoms with Gasteiger partial charge >= 0.3 is 0 Å². The van der Waals surface area contributed by atoms with Crippen molar-refractivity contribution in [3.8, 4) is 11.5 Å². The van der Waals surface area contributed by atoms with Gasteiger partial charge in [0, 0.05) is 4.88 Å². The van der Waals surface area contributed by atoms with Crippen LogP contribution in [0.25, 0.3) is 0 Å². The van der Waals surface area contributed by atoms with Crippen LogP contribution >= 0.6 is 11.3 Å². The maximum atomic E-state index is 12.7. The van der Waals surface area contributed by atoms with Crippen LogP contribution in [0.4, 0.5) is 5.00 Å². The SMILES string of the molecule is C[C@@H]1CCc2c(sc(NC(=O)[C@H]3COc4ccccc4O3)c2C(N)=O)C1. The molecule has 0 fully saturated rings. The predicted octanol–water partition coefficient (Wildman–Crippen LogP) is 2.75. The number of amides is 2. The summed E-state index contributed by atoms with van der Waals surface area (Å²) in [7, 11) is 0. The van der Waals surface area contributed by atoms with Crippen molar-refractivity contribution < 1.29 is 19.1 Å². The lowest BCUT2D eigenvalue weighted by Crippen LogP contribution is -2.40. The molecule has 136 valence electrons. The third-order valence-corrected chi connectivity index (χ3v) is 5.97. The molecule has 0 saturated carbocycles. The number of rotatable bonds is 3. The van der Waals surface area contributed by atoms with Crippen LogP contribution in [0, 0.1) is 5.92 Å². The largest absolute Gasteiger partial charge is 0.485 e. The maximum Gasteiger partial charge on any atom is 0.269 e. The number of carbonyl (C=O) groups is 2. The van der Waals surface area contributed by atoms with Gasteiger partial charge in [-0.2, -0.15) is 0 Å². The van der Waals surface area contributed by atoms with E-state index in [1.54, 1.807) is 12.1 Å². The zero-order chi connectivity index (χ0) is 18.3. The van der Waals surface area contributed by atoms with Crippen LogP contribution < -0.4 is 20.5 Å². The number of anilines is 1. The summed E-state index contributed by atoms with van der Waals surface area (Å²) in [5, 5.41) is 3.36. The highest BCUT2D eigenvalue weighted by Gasteiger charge is 2.31. The number of nitrogens with two attached hydrogens (primary N) is 1. The number of fused-ring (bicyclic) bond motifs is 2. The lowest BCUT2D eigenvalue weighted by Gasteiger charge is -2.25. The van der Waals surface area contributed by atoms with Crippen molar-refractivity contribution >= 4 is 28.2 Å². The van der Waals surface area contributed by atoms with E-state index < -0.39 is 12.0 Å². The number of hydrogen-bond donors (Lipinski definition) is 2. The fraction of sp³-hybridized carbons (Fsp3) is 0.368. The van der Waals surface area contributed by atoms with Crippen molar-refractivity contribution in [1.29, 1.82) is 0 Å². The van der Waals surface area contributed by atoms with Gasteiger partial charge in [0.1, 0.15) is 11.6 Å². The van der Waals surface area contributed by atoms with Crippen molar-refractivity contribution in [3.05, 3.63) is 40.3 Å². The zero-order valence-electron chi connectivity index (χ0n) is 14.4. The van der Waals surface area contributed by atoms with Gasteiger partial charge in [-0.25, -0.2) is 0 Å². The average Bonchev–Trinajstić information content (AvgIpc) is 2.98. The summed E-state index contributed by atoms with van der Waals surface area (Å²) in [5.74, 6) is 0.882. The van der Waals surface area contributed by atoms with Crippen LogP contribution in [-0.2, 0) is 17.6 Å². The first-order valence-corrected chi connectivity index (χ1v) is 9.48. The predicted molar refractivity (Wildman–Crippen MR) is 99.0 cm³/mol. The van der Waals surface area contributed by atoms with Crippen LogP contribution in [0.5, 0.6) is 11.5 Å². The molecule has 26 heavy (non-hydrogen) atoms. The fourth-order valence-electron chi connectivity index (χ4n) is 3.44. The Morgan fingerprint density at radius 2 is 2.04 bits per heavy atom. The van der Waals surface area contributed by atoms with Gasteiger partial charge in [0.15, 0.2) is 11.5 Å². The van der Waals surface area contributed by atoms with Gasteiger partial charge in [-0.1, -0.05) is 19.1 Å². The molecule has 6 nitrogen and oxygen atoms in total. The van der Waals surface area contributed by atoms with Gasteiger partial charge < -0.3 is 20.5 Å². The van der Waals surface area contributed by atoms with E-state index in [-0.39, 0.29) is 12.5 Å². The smallest absolute Gasteiger partial charge is 0.269 e. The van der Waals surface area contributed by atoms with Crippen LogP contribution in [0.15, 0.2) is 24.3 Å². The normalized spacial score (nSPS) is 21.0. The second-order valence-corrected chi connectivity index (χ2v) is 7.88. The molecule has 1 aliphatic heterocycles. The number of thiophene rings is 1. The summed E-state index contributed by atoms with van der Waals surface area (Å²) in [4.78, 5) is 25.8. The summed E-state index contributed by atoms with van der Waals surface area (Å²) in [6.45, 7) is 2.31. The second-order valence-electron chi connectivity index (χ2n) is 6.77. The molecular weight excluding hydrogens is 352 g/mol. The van der Waals surface area contributed by atoms with Gasteiger partial charge in [-0.3, -0.25) is 9.59 Å². The summed E-state index contributed by atoms with van der Waals surface area (Å²) in [5.41, 5.74) is 7.03. The number of benzene rings is 1. The molecule has 0 bridgehead atoms. The maximum absolute atomic E-state index is 12.7. The van der Waals surface area contributed by atoms with E-state index in [4.69, 9.17) is 15.2 Å². The minimum atomic E-state index is -0.774. The molecule has 2 atom stereocenters. The lowest BCUT2D eigenvalue weighted by molar-refractivity contribution is -0.125. The first-order valence-electron chi connectivity index (χ1n) is 8.66. The van der Waals surface area contributed by atoms with Crippen molar-refractivity contribution in [3.63, 3.8) is 0 Å². The van der Waals surface area contributed by atoms with E-state index in [1.807, 2.05) is 12.1 Å². The Morgan fingerprint density at radius 3 is 2.81 bits per heavy atom. The molecule has 1 aliphatic carbocycles. The molecule has 0 spiro atoms. The van der Waals surface area contributed by atoms with E-state index in [0.717, 1.165) is 29.7 Å². The first-order chi connectivity index (χ1) is 12.5. The number of hydrogen-bond acceptors (Lipinski definition) is 5. The average molecular weight is 372 g/mol. The Bertz CT molecular complexity index is 876. The van der Waals surface area contributed by atoms with Gasteiger partial charge in [-0.15, -0.1) is 11.3 Å². The third-order valence-electron chi connectivity index (χ3n) is 4.80. The third kappa shape index (κ3) is 3.03. The minimum absolute atomic E-state index is 0.122. The second kappa shape index (κ2) is 6.64. The number of ether oxygens (including phenoxy) is 2.